The number of aromatic nitrogens is 2. The molecular formula is C14H15FN4O2. The van der Waals surface area contributed by atoms with Gasteiger partial charge in [0.25, 0.3) is 5.91 Å². The highest BCUT2D eigenvalue weighted by Crippen LogP contribution is 2.23. The number of H-pyrrole nitrogens is 1. The number of carbonyl (C=O) groups excluding carboxylic acids is 1. The average Bonchev–Trinajstić information content (AvgIpc) is 2.94. The third-order valence-corrected chi connectivity index (χ3v) is 3.42. The molecule has 2 heterocycles. The van der Waals surface area contributed by atoms with Crippen molar-refractivity contribution in [2.75, 3.05) is 25.4 Å². The number of carbonyl (C=O) groups is 1. The number of nitrogens with zero attached hydrogens (tertiary/aromatic N) is 2. The third-order valence-electron chi connectivity index (χ3n) is 3.42. The van der Waals surface area contributed by atoms with Gasteiger partial charge >= 0.3 is 0 Å². The number of nitrogen functional groups attached to an aromatic ring is 1. The molecule has 21 heavy (non-hydrogen) atoms. The molecule has 1 fully saturated rings. The molecule has 0 aliphatic carbocycles. The van der Waals surface area contributed by atoms with Crippen LogP contribution in [0.2, 0.25) is 0 Å². The van der Waals surface area contributed by atoms with Gasteiger partial charge in [0.15, 0.2) is 0 Å². The van der Waals surface area contributed by atoms with Crippen LogP contribution in [-0.4, -0.2) is 40.7 Å². The van der Waals surface area contributed by atoms with Gasteiger partial charge in [-0.2, -0.15) is 5.10 Å². The predicted octanol–water partition coefficient (Wildman–Crippen LogP) is 1.34. The molecule has 2 aromatic rings. The van der Waals surface area contributed by atoms with Gasteiger partial charge in [-0.3, -0.25) is 9.89 Å². The van der Waals surface area contributed by atoms with Gasteiger partial charge in [-0.25, -0.2) is 4.39 Å². The Bertz CT molecular complexity index is 641. The summed E-state index contributed by atoms with van der Waals surface area (Å²) in [6, 6.07) is 7.61. The van der Waals surface area contributed by atoms with Gasteiger partial charge < -0.3 is 15.4 Å². The van der Waals surface area contributed by atoms with E-state index in [1.54, 1.807) is 17.0 Å². The van der Waals surface area contributed by atoms with E-state index >= 15 is 0 Å². The number of benzene rings is 1. The number of amides is 1. The van der Waals surface area contributed by atoms with E-state index in [1.807, 2.05) is 0 Å². The van der Waals surface area contributed by atoms with Crippen molar-refractivity contribution in [1.82, 2.24) is 15.1 Å². The lowest BCUT2D eigenvalue weighted by molar-refractivity contribution is -0.0230. The molecule has 0 bridgehead atoms. The second-order valence-electron chi connectivity index (χ2n) is 4.87. The maximum absolute atomic E-state index is 13.0. The number of hydrogen-bond acceptors (Lipinski definition) is 4. The molecule has 1 aromatic carbocycles. The van der Waals surface area contributed by atoms with Gasteiger partial charge in [0.2, 0.25) is 0 Å². The molecule has 110 valence electrons. The lowest BCUT2D eigenvalue weighted by Gasteiger charge is -2.32. The number of halogens is 1. The Labute approximate surface area is 120 Å². The molecule has 6 nitrogen and oxygen atoms in total. The number of hydrogen-bond donors (Lipinski definition) is 2. The molecule has 7 heteroatoms. The van der Waals surface area contributed by atoms with Crippen LogP contribution in [0.25, 0.3) is 0 Å². The molecule has 0 saturated carbocycles. The number of nitrogens with two attached hydrogens (primary N) is 1. The van der Waals surface area contributed by atoms with Crippen molar-refractivity contribution in [1.29, 1.82) is 0 Å². The summed E-state index contributed by atoms with van der Waals surface area (Å²) in [5.41, 5.74) is 6.70. The first-order chi connectivity index (χ1) is 10.1. The van der Waals surface area contributed by atoms with E-state index in [2.05, 4.69) is 10.2 Å². The van der Waals surface area contributed by atoms with Gasteiger partial charge in [-0.15, -0.1) is 0 Å². The summed E-state index contributed by atoms with van der Waals surface area (Å²) in [6.45, 7) is 1.33. The SMILES string of the molecule is Nc1cc(C(=O)N2CCOC(c3ccc(F)cc3)C2)[nH]n1. The zero-order chi connectivity index (χ0) is 14.8. The summed E-state index contributed by atoms with van der Waals surface area (Å²) in [4.78, 5) is 14.0. The molecular weight excluding hydrogens is 275 g/mol. The normalized spacial score (nSPS) is 18.7. The Morgan fingerprint density at radius 1 is 1.43 bits per heavy atom. The number of rotatable bonds is 2. The quantitative estimate of drug-likeness (QED) is 0.874. The van der Waals surface area contributed by atoms with Crippen molar-refractivity contribution in [3.8, 4) is 0 Å². The van der Waals surface area contributed by atoms with Crippen molar-refractivity contribution in [3.63, 3.8) is 0 Å². The Morgan fingerprint density at radius 2 is 2.19 bits per heavy atom. The molecule has 1 aliphatic heterocycles. The van der Waals surface area contributed by atoms with Crippen molar-refractivity contribution in [2.24, 2.45) is 0 Å². The van der Waals surface area contributed by atoms with Crippen LogP contribution in [0.5, 0.6) is 0 Å². The average molecular weight is 290 g/mol. The number of morpholine rings is 1. The van der Waals surface area contributed by atoms with Crippen LogP contribution < -0.4 is 5.73 Å². The van der Waals surface area contributed by atoms with Gasteiger partial charge in [0, 0.05) is 12.6 Å². The van der Waals surface area contributed by atoms with E-state index in [1.165, 1.54) is 18.2 Å². The largest absolute Gasteiger partial charge is 0.382 e. The lowest BCUT2D eigenvalue weighted by atomic mass is 10.1. The molecule has 1 saturated heterocycles. The first-order valence-electron chi connectivity index (χ1n) is 6.61. The highest BCUT2D eigenvalue weighted by Gasteiger charge is 2.27. The smallest absolute Gasteiger partial charge is 0.272 e. The number of nitrogens with one attached hydrogen (secondary N) is 1. The fraction of sp³-hybridized carbons (Fsp3) is 0.286. The predicted molar refractivity (Wildman–Crippen MR) is 74.0 cm³/mol. The van der Waals surface area contributed by atoms with Crippen LogP contribution in [-0.2, 0) is 4.74 Å². The fourth-order valence-corrected chi connectivity index (χ4v) is 2.33. The lowest BCUT2D eigenvalue weighted by Crippen LogP contribution is -2.42. The second kappa shape index (κ2) is 5.53. The van der Waals surface area contributed by atoms with Gasteiger partial charge in [0.05, 0.1) is 13.2 Å². The maximum Gasteiger partial charge on any atom is 0.272 e. The summed E-state index contributed by atoms with van der Waals surface area (Å²) >= 11 is 0. The van der Waals surface area contributed by atoms with E-state index in [9.17, 15) is 9.18 Å². The fourth-order valence-electron chi connectivity index (χ4n) is 2.33. The molecule has 1 amide bonds. The Morgan fingerprint density at radius 3 is 2.86 bits per heavy atom. The molecule has 3 N–H and O–H groups in total. The third kappa shape index (κ3) is 2.87. The van der Waals surface area contributed by atoms with E-state index < -0.39 is 0 Å². The number of aromatic amines is 1. The van der Waals surface area contributed by atoms with Gasteiger partial charge in [0.1, 0.15) is 23.4 Å². The van der Waals surface area contributed by atoms with E-state index in [0.29, 0.717) is 25.4 Å². The van der Waals surface area contributed by atoms with Crippen LogP contribution in [0.1, 0.15) is 22.2 Å². The number of ether oxygens (including phenoxy) is 1. The molecule has 1 aromatic heterocycles. The minimum absolute atomic E-state index is 0.172. The summed E-state index contributed by atoms with van der Waals surface area (Å²) < 4.78 is 18.6. The van der Waals surface area contributed by atoms with Crippen molar-refractivity contribution < 1.29 is 13.9 Å². The minimum atomic E-state index is -0.296. The molecule has 0 spiro atoms. The van der Waals surface area contributed by atoms with Crippen LogP contribution in [0.15, 0.2) is 30.3 Å². The van der Waals surface area contributed by atoms with E-state index in [-0.39, 0.29) is 23.6 Å². The molecule has 3 rings (SSSR count). The van der Waals surface area contributed by atoms with Crippen molar-refractivity contribution in [2.45, 2.75) is 6.10 Å². The van der Waals surface area contributed by atoms with Crippen LogP contribution in [0.4, 0.5) is 10.2 Å². The summed E-state index contributed by atoms with van der Waals surface area (Å²) in [5.74, 6) is -0.188. The molecule has 1 atom stereocenters. The highest BCUT2D eigenvalue weighted by molar-refractivity contribution is 5.93. The van der Waals surface area contributed by atoms with Crippen LogP contribution in [0.3, 0.4) is 0 Å². The zero-order valence-corrected chi connectivity index (χ0v) is 11.3. The van der Waals surface area contributed by atoms with Crippen LogP contribution >= 0.6 is 0 Å². The van der Waals surface area contributed by atoms with Gasteiger partial charge in [-0.1, -0.05) is 12.1 Å². The molecule has 1 unspecified atom stereocenters. The van der Waals surface area contributed by atoms with Crippen molar-refractivity contribution in [3.05, 3.63) is 47.4 Å². The minimum Gasteiger partial charge on any atom is -0.382 e. The Balaban J connectivity index is 1.73. The Kier molecular flexibility index (Phi) is 3.57. The standard InChI is InChI=1S/C14H15FN4O2/c15-10-3-1-9(2-4-10)12-8-19(5-6-21-12)14(20)11-7-13(16)18-17-11/h1-4,7,12H,5-6,8H2,(H3,16,17,18). The first-order valence-corrected chi connectivity index (χ1v) is 6.61. The second-order valence-corrected chi connectivity index (χ2v) is 4.87. The number of anilines is 1. The zero-order valence-electron chi connectivity index (χ0n) is 11.3. The maximum atomic E-state index is 13.0. The monoisotopic (exact) mass is 290 g/mol. The summed E-state index contributed by atoms with van der Waals surface area (Å²) in [7, 11) is 0. The van der Waals surface area contributed by atoms with Crippen molar-refractivity contribution >= 4 is 11.7 Å². The topological polar surface area (TPSA) is 84.2 Å². The molecule has 1 aliphatic rings. The van der Waals surface area contributed by atoms with E-state index in [0.717, 1.165) is 5.56 Å². The Hall–Kier alpha value is -2.41. The van der Waals surface area contributed by atoms with Crippen LogP contribution in [0, 0.1) is 5.82 Å². The molecule has 0 radical (unpaired) electrons. The summed E-state index contributed by atoms with van der Waals surface area (Å²) in [5, 5.41) is 6.36. The first kappa shape index (κ1) is 13.6. The van der Waals surface area contributed by atoms with E-state index in [4.69, 9.17) is 10.5 Å². The summed E-state index contributed by atoms with van der Waals surface area (Å²) in [6.07, 6.45) is -0.261. The van der Waals surface area contributed by atoms with Gasteiger partial charge in [-0.05, 0) is 17.7 Å². The highest BCUT2D eigenvalue weighted by atomic mass is 19.1.